The lowest BCUT2D eigenvalue weighted by Gasteiger charge is -2.62. The van der Waals surface area contributed by atoms with Gasteiger partial charge in [-0.25, -0.2) is 0 Å². The van der Waals surface area contributed by atoms with Gasteiger partial charge >= 0.3 is 0 Å². The molecule has 3 heteroatoms. The van der Waals surface area contributed by atoms with Crippen molar-refractivity contribution < 1.29 is 14.3 Å². The highest BCUT2D eigenvalue weighted by Gasteiger charge is 2.66. The summed E-state index contributed by atoms with van der Waals surface area (Å²) in [5.74, 6) is 2.52. The maximum absolute atomic E-state index is 12.6. The van der Waals surface area contributed by atoms with E-state index in [-0.39, 0.29) is 16.4 Å². The largest absolute Gasteiger partial charge is 0.501 e. The van der Waals surface area contributed by atoms with Gasteiger partial charge in [0.25, 0.3) is 0 Å². The SMILES string of the molecule is CCOC12CCC3(C)C(=O)CCC3C1CC=C1C=C(OC)CCC12C. The van der Waals surface area contributed by atoms with Gasteiger partial charge in [-0.2, -0.15) is 0 Å². The standard InChI is InChI=1S/C22H32O3/c1-5-25-22-13-12-20(2)17(8-9-19(20)23)18(22)7-6-15-14-16(24-4)10-11-21(15,22)3/h6,14,17-18H,5,7-13H2,1-4H3. The zero-order valence-electron chi connectivity index (χ0n) is 16.2. The fraction of sp³-hybridized carbons (Fsp3) is 0.773. The van der Waals surface area contributed by atoms with Crippen LogP contribution in [-0.4, -0.2) is 25.1 Å². The second-order valence-electron chi connectivity index (χ2n) is 8.96. The van der Waals surface area contributed by atoms with E-state index in [0.717, 1.165) is 57.3 Å². The van der Waals surface area contributed by atoms with Crippen molar-refractivity contribution in [3.05, 3.63) is 23.5 Å². The quantitative estimate of drug-likeness (QED) is 0.736. The van der Waals surface area contributed by atoms with Gasteiger partial charge in [0.05, 0.1) is 18.5 Å². The summed E-state index contributed by atoms with van der Waals surface area (Å²) in [6.07, 6.45) is 11.6. The molecule has 5 unspecified atom stereocenters. The number of allylic oxidation sites excluding steroid dienone is 3. The molecule has 4 aliphatic carbocycles. The Morgan fingerprint density at radius 1 is 1.16 bits per heavy atom. The first-order valence-corrected chi connectivity index (χ1v) is 10.0. The molecule has 0 spiro atoms. The maximum Gasteiger partial charge on any atom is 0.139 e. The zero-order valence-corrected chi connectivity index (χ0v) is 16.2. The first kappa shape index (κ1) is 17.3. The number of carbonyl (C=O) groups is 1. The minimum absolute atomic E-state index is 0.0287. The molecule has 0 heterocycles. The second kappa shape index (κ2) is 5.70. The van der Waals surface area contributed by atoms with Crippen LogP contribution in [0.2, 0.25) is 0 Å². The normalized spacial score (nSPS) is 45.8. The van der Waals surface area contributed by atoms with E-state index in [2.05, 4.69) is 32.9 Å². The average molecular weight is 344 g/mol. The van der Waals surface area contributed by atoms with Gasteiger partial charge in [-0.05, 0) is 62.5 Å². The van der Waals surface area contributed by atoms with Crippen LogP contribution in [0.25, 0.3) is 0 Å². The molecule has 138 valence electrons. The number of rotatable bonds is 3. The van der Waals surface area contributed by atoms with Gasteiger partial charge < -0.3 is 9.47 Å². The van der Waals surface area contributed by atoms with Crippen molar-refractivity contribution in [3.63, 3.8) is 0 Å². The highest BCUT2D eigenvalue weighted by atomic mass is 16.5. The molecule has 0 aromatic carbocycles. The van der Waals surface area contributed by atoms with E-state index in [4.69, 9.17) is 9.47 Å². The van der Waals surface area contributed by atoms with Crippen molar-refractivity contribution >= 4 is 5.78 Å². The molecule has 4 rings (SSSR count). The molecule has 4 aliphatic rings. The van der Waals surface area contributed by atoms with Gasteiger partial charge in [0.2, 0.25) is 0 Å². The molecule has 0 radical (unpaired) electrons. The van der Waals surface area contributed by atoms with Gasteiger partial charge in [0.15, 0.2) is 0 Å². The molecule has 0 saturated heterocycles. The van der Waals surface area contributed by atoms with E-state index in [0.29, 0.717) is 17.6 Å². The lowest BCUT2D eigenvalue weighted by Crippen LogP contribution is -2.63. The number of ether oxygens (including phenoxy) is 2. The van der Waals surface area contributed by atoms with Crippen LogP contribution in [0.15, 0.2) is 23.5 Å². The van der Waals surface area contributed by atoms with Crippen molar-refractivity contribution in [1.29, 1.82) is 0 Å². The molecule has 2 saturated carbocycles. The number of hydrogen-bond donors (Lipinski definition) is 0. The number of fused-ring (bicyclic) bond motifs is 5. The third kappa shape index (κ3) is 2.11. The summed E-state index contributed by atoms with van der Waals surface area (Å²) in [6.45, 7) is 7.51. The second-order valence-corrected chi connectivity index (χ2v) is 8.96. The fourth-order valence-corrected chi connectivity index (χ4v) is 6.74. The number of carbonyl (C=O) groups excluding carboxylic acids is 1. The van der Waals surface area contributed by atoms with Gasteiger partial charge in [-0.1, -0.05) is 19.9 Å². The lowest BCUT2D eigenvalue weighted by atomic mass is 9.46. The Bertz CT molecular complexity index is 648. The summed E-state index contributed by atoms with van der Waals surface area (Å²) >= 11 is 0. The van der Waals surface area contributed by atoms with Crippen LogP contribution >= 0.6 is 0 Å². The Balaban J connectivity index is 1.81. The smallest absolute Gasteiger partial charge is 0.139 e. The lowest BCUT2D eigenvalue weighted by molar-refractivity contribution is -0.207. The van der Waals surface area contributed by atoms with Gasteiger partial charge in [-0.3, -0.25) is 4.79 Å². The predicted octanol–water partition coefficient (Wildman–Crippen LogP) is 4.82. The fourth-order valence-electron chi connectivity index (χ4n) is 6.74. The molecule has 0 aromatic rings. The van der Waals surface area contributed by atoms with Crippen molar-refractivity contribution in [2.75, 3.05) is 13.7 Å². The molecular weight excluding hydrogens is 312 g/mol. The van der Waals surface area contributed by atoms with Crippen molar-refractivity contribution in [2.24, 2.45) is 22.7 Å². The van der Waals surface area contributed by atoms with E-state index in [9.17, 15) is 4.79 Å². The predicted molar refractivity (Wildman–Crippen MR) is 98.1 cm³/mol. The minimum atomic E-state index is -0.129. The third-order valence-electron chi connectivity index (χ3n) is 8.25. The van der Waals surface area contributed by atoms with E-state index in [1.165, 1.54) is 5.57 Å². The third-order valence-corrected chi connectivity index (χ3v) is 8.25. The highest BCUT2D eigenvalue weighted by molar-refractivity contribution is 5.87. The van der Waals surface area contributed by atoms with Crippen LogP contribution in [0.5, 0.6) is 0 Å². The molecular formula is C22H32O3. The first-order chi connectivity index (χ1) is 11.9. The minimum Gasteiger partial charge on any atom is -0.501 e. The molecule has 3 nitrogen and oxygen atoms in total. The van der Waals surface area contributed by atoms with Crippen LogP contribution in [0.1, 0.15) is 65.7 Å². The van der Waals surface area contributed by atoms with E-state index >= 15 is 0 Å². The van der Waals surface area contributed by atoms with Crippen LogP contribution in [0, 0.1) is 22.7 Å². The van der Waals surface area contributed by atoms with Crippen molar-refractivity contribution in [1.82, 2.24) is 0 Å². The topological polar surface area (TPSA) is 35.5 Å². The summed E-state index contributed by atoms with van der Waals surface area (Å²) in [4.78, 5) is 12.6. The molecule has 0 bridgehead atoms. The average Bonchev–Trinajstić information content (AvgIpc) is 2.90. The molecule has 2 fully saturated rings. The summed E-state index contributed by atoms with van der Waals surface area (Å²) < 4.78 is 12.2. The summed E-state index contributed by atoms with van der Waals surface area (Å²) in [5, 5.41) is 0. The van der Waals surface area contributed by atoms with Crippen LogP contribution in [-0.2, 0) is 14.3 Å². The number of hydrogen-bond acceptors (Lipinski definition) is 3. The van der Waals surface area contributed by atoms with E-state index in [1.807, 2.05) is 0 Å². The zero-order chi connectivity index (χ0) is 17.9. The van der Waals surface area contributed by atoms with Crippen LogP contribution < -0.4 is 0 Å². The van der Waals surface area contributed by atoms with Crippen molar-refractivity contribution in [2.45, 2.75) is 71.3 Å². The monoisotopic (exact) mass is 344 g/mol. The first-order valence-electron chi connectivity index (χ1n) is 10.0. The molecule has 5 atom stereocenters. The van der Waals surface area contributed by atoms with E-state index in [1.54, 1.807) is 7.11 Å². The number of Topliss-reactive ketones (excluding diaryl/α,β-unsaturated/α-hetero) is 1. The molecule has 0 N–H and O–H groups in total. The Kier molecular flexibility index (Phi) is 3.95. The molecule has 0 aliphatic heterocycles. The molecule has 25 heavy (non-hydrogen) atoms. The molecule has 0 amide bonds. The number of methoxy groups -OCH3 is 1. The van der Waals surface area contributed by atoms with E-state index < -0.39 is 0 Å². The Morgan fingerprint density at radius 2 is 1.96 bits per heavy atom. The molecule has 0 aromatic heterocycles. The Hall–Kier alpha value is -1.09. The van der Waals surface area contributed by atoms with Crippen LogP contribution in [0.3, 0.4) is 0 Å². The highest BCUT2D eigenvalue weighted by Crippen LogP contribution is 2.66. The van der Waals surface area contributed by atoms with Gasteiger partial charge in [-0.15, -0.1) is 0 Å². The van der Waals surface area contributed by atoms with Crippen LogP contribution in [0.4, 0.5) is 0 Å². The summed E-state index contributed by atoms with van der Waals surface area (Å²) in [5.41, 5.74) is 1.18. The Morgan fingerprint density at radius 3 is 2.68 bits per heavy atom. The summed E-state index contributed by atoms with van der Waals surface area (Å²) in [6, 6.07) is 0. The van der Waals surface area contributed by atoms with Crippen molar-refractivity contribution in [3.8, 4) is 0 Å². The van der Waals surface area contributed by atoms with Gasteiger partial charge in [0.1, 0.15) is 5.78 Å². The Labute approximate surface area is 151 Å². The number of ketones is 1. The maximum atomic E-state index is 12.6. The summed E-state index contributed by atoms with van der Waals surface area (Å²) in [7, 11) is 1.77. The van der Waals surface area contributed by atoms with Gasteiger partial charge in [0, 0.05) is 30.3 Å².